The van der Waals surface area contributed by atoms with Crippen LogP contribution in [0.15, 0.2) is 109 Å². The molecule has 0 aliphatic heterocycles. The molecule has 0 heteroatoms. The maximum Gasteiger partial charge on any atom is -0.0316 e. The van der Waals surface area contributed by atoms with Gasteiger partial charge in [-0.1, -0.05) is 109 Å². The van der Waals surface area contributed by atoms with Crippen molar-refractivity contribution < 1.29 is 0 Å². The Kier molecular flexibility index (Phi) is 25.4. The summed E-state index contributed by atoms with van der Waals surface area (Å²) in [5, 5.41) is 0. The van der Waals surface area contributed by atoms with Gasteiger partial charge in [0.1, 0.15) is 0 Å². The molecule has 0 atom stereocenters. The fraction of sp³-hybridized carbons (Fsp3) is 0.500. The zero-order chi connectivity index (χ0) is 25.5. The van der Waals surface area contributed by atoms with Crippen LogP contribution in [-0.4, -0.2) is 0 Å². The van der Waals surface area contributed by atoms with Crippen LogP contribution in [0, 0.1) is 0 Å². The summed E-state index contributed by atoms with van der Waals surface area (Å²) >= 11 is 0. The van der Waals surface area contributed by atoms with Gasteiger partial charge in [-0.3, -0.25) is 0 Å². The molecule has 0 spiro atoms. The van der Waals surface area contributed by atoms with Gasteiger partial charge in [-0.25, -0.2) is 0 Å². The van der Waals surface area contributed by atoms with Crippen LogP contribution in [0.1, 0.15) is 116 Å². The summed E-state index contributed by atoms with van der Waals surface area (Å²) in [7, 11) is 0. The first kappa shape index (κ1) is 31.7. The quantitative estimate of drug-likeness (QED) is 0.299. The predicted molar refractivity (Wildman–Crippen MR) is 165 cm³/mol. The molecule has 1 aliphatic carbocycles. The van der Waals surface area contributed by atoms with Crippen LogP contribution in [0.4, 0.5) is 0 Å². The van der Waals surface area contributed by atoms with Gasteiger partial charge < -0.3 is 0 Å². The van der Waals surface area contributed by atoms with E-state index >= 15 is 0 Å². The first-order chi connectivity index (χ1) is 18.0. The van der Waals surface area contributed by atoms with E-state index < -0.39 is 0 Å². The number of hydrogen-bond acceptors (Lipinski definition) is 0. The van der Waals surface area contributed by atoms with Gasteiger partial charge >= 0.3 is 0 Å². The molecule has 0 fully saturated rings. The minimum Gasteiger partial charge on any atom is -0.0882 e. The Bertz CT molecular complexity index is 463. The molecule has 1 aliphatic rings. The van der Waals surface area contributed by atoms with Crippen molar-refractivity contribution in [2.24, 2.45) is 0 Å². The Morgan fingerprint density at radius 3 is 0.222 bits per heavy atom. The van der Waals surface area contributed by atoms with E-state index in [0.29, 0.717) is 0 Å². The van der Waals surface area contributed by atoms with Gasteiger partial charge in [0.2, 0.25) is 0 Å². The van der Waals surface area contributed by atoms with E-state index in [1.165, 1.54) is 0 Å². The molecular formula is C36H54. The van der Waals surface area contributed by atoms with Crippen LogP contribution in [0.25, 0.3) is 0 Å². The Hall–Kier alpha value is -2.34. The summed E-state index contributed by atoms with van der Waals surface area (Å²) in [6.45, 7) is 0. The van der Waals surface area contributed by atoms with Crippen LogP contribution in [0.5, 0.6) is 0 Å². The fourth-order valence-electron chi connectivity index (χ4n) is 3.85. The minimum absolute atomic E-state index is 1.16. The summed E-state index contributed by atoms with van der Waals surface area (Å²) < 4.78 is 0. The molecule has 0 bridgehead atoms. The van der Waals surface area contributed by atoms with Gasteiger partial charge in [-0.2, -0.15) is 0 Å². The van der Waals surface area contributed by atoms with Gasteiger partial charge in [-0.05, 0) is 116 Å². The van der Waals surface area contributed by atoms with Crippen molar-refractivity contribution in [3.05, 3.63) is 109 Å². The maximum atomic E-state index is 2.34. The summed E-state index contributed by atoms with van der Waals surface area (Å²) in [5.41, 5.74) is 0. The lowest BCUT2D eigenvalue weighted by Gasteiger charge is -1.92. The molecule has 0 saturated carbocycles. The standard InChI is InChI=1S/C36H54/c1-2-4-6-8-10-12-14-16-18-20-22-24-26-28-30-32-34-36-35-33-31-29-27-25-23-21-19-17-15-13-11-9-7-5-3-1/h1-2,7-10,15-18,23-26,31-34H,3-6,11-14,19-22,27-30,35-36H2/b2-1-,9-7-,10-8-,17-15-,18-16-,25-23-,26-24-,33-31-,34-32-. The average molecular weight is 487 g/mol. The first-order valence-corrected chi connectivity index (χ1v) is 14.8. The van der Waals surface area contributed by atoms with E-state index in [-0.39, 0.29) is 0 Å². The van der Waals surface area contributed by atoms with Crippen LogP contribution < -0.4 is 0 Å². The molecule has 198 valence electrons. The topological polar surface area (TPSA) is 0 Å². The fourth-order valence-corrected chi connectivity index (χ4v) is 3.85. The summed E-state index contributed by atoms with van der Waals surface area (Å²) in [6.07, 6.45) is 63.0. The second-order valence-electron chi connectivity index (χ2n) is 9.44. The van der Waals surface area contributed by atoms with Crippen LogP contribution in [0.2, 0.25) is 0 Å². The van der Waals surface area contributed by atoms with Crippen LogP contribution in [0.3, 0.4) is 0 Å². The van der Waals surface area contributed by atoms with Crippen LogP contribution >= 0.6 is 0 Å². The minimum atomic E-state index is 1.16. The molecule has 1 rings (SSSR count). The lowest BCUT2D eigenvalue weighted by molar-refractivity contribution is 0.962. The number of allylic oxidation sites excluding steroid dienone is 18. The van der Waals surface area contributed by atoms with Crippen molar-refractivity contribution >= 4 is 0 Å². The second kappa shape index (κ2) is 28.9. The molecule has 0 N–H and O–H groups in total. The Balaban J connectivity index is 2.29. The summed E-state index contributed by atoms with van der Waals surface area (Å²) in [4.78, 5) is 0. The zero-order valence-corrected chi connectivity index (χ0v) is 23.1. The van der Waals surface area contributed by atoms with E-state index in [9.17, 15) is 0 Å². The number of rotatable bonds is 0. The molecule has 0 amide bonds. The van der Waals surface area contributed by atoms with Crippen molar-refractivity contribution in [3.63, 3.8) is 0 Å². The van der Waals surface area contributed by atoms with Crippen molar-refractivity contribution in [1.29, 1.82) is 0 Å². The molecule has 0 heterocycles. The largest absolute Gasteiger partial charge is 0.0882 e. The van der Waals surface area contributed by atoms with Crippen molar-refractivity contribution in [2.75, 3.05) is 0 Å². The molecule has 0 nitrogen and oxygen atoms in total. The normalized spacial score (nSPS) is 28.0. The predicted octanol–water partition coefficient (Wildman–Crippen LogP) is 12.0. The molecule has 0 aromatic heterocycles. The smallest absolute Gasteiger partial charge is 0.0316 e. The Morgan fingerprint density at radius 1 is 0.111 bits per heavy atom. The second-order valence-corrected chi connectivity index (χ2v) is 9.44. The molecular weight excluding hydrogens is 432 g/mol. The van der Waals surface area contributed by atoms with Crippen molar-refractivity contribution in [3.8, 4) is 0 Å². The molecule has 0 aromatic carbocycles. The Morgan fingerprint density at radius 2 is 0.167 bits per heavy atom. The van der Waals surface area contributed by atoms with Gasteiger partial charge in [0.05, 0.1) is 0 Å². The lowest BCUT2D eigenvalue weighted by Crippen LogP contribution is -1.71. The summed E-state index contributed by atoms with van der Waals surface area (Å²) in [5.74, 6) is 0. The average Bonchev–Trinajstić information content (AvgIpc) is 2.89. The highest BCUT2D eigenvalue weighted by molar-refractivity contribution is 4.96. The van der Waals surface area contributed by atoms with Gasteiger partial charge in [-0.15, -0.1) is 0 Å². The third-order valence-electron chi connectivity index (χ3n) is 6.00. The van der Waals surface area contributed by atoms with E-state index in [0.717, 1.165) is 116 Å². The van der Waals surface area contributed by atoms with E-state index in [4.69, 9.17) is 0 Å². The van der Waals surface area contributed by atoms with Crippen LogP contribution in [-0.2, 0) is 0 Å². The molecule has 0 saturated heterocycles. The lowest BCUT2D eigenvalue weighted by atomic mass is 10.1. The molecule has 36 heavy (non-hydrogen) atoms. The monoisotopic (exact) mass is 486 g/mol. The van der Waals surface area contributed by atoms with Gasteiger partial charge in [0, 0.05) is 0 Å². The SMILES string of the molecule is C1=C\CC/C=C\CC/C=C\CC/C=C\CC/C=C\CC/C=C\CC/C=C\CC/C=C\CC/C=C\CC/1. The first-order valence-electron chi connectivity index (χ1n) is 14.8. The van der Waals surface area contributed by atoms with E-state index in [2.05, 4.69) is 109 Å². The Labute approximate surface area is 224 Å². The highest BCUT2D eigenvalue weighted by Crippen LogP contribution is 2.05. The summed E-state index contributed by atoms with van der Waals surface area (Å²) in [6, 6.07) is 0. The zero-order valence-electron chi connectivity index (χ0n) is 23.1. The molecule has 0 aromatic rings. The van der Waals surface area contributed by atoms with E-state index in [1.807, 2.05) is 0 Å². The van der Waals surface area contributed by atoms with E-state index in [1.54, 1.807) is 0 Å². The molecule has 0 radical (unpaired) electrons. The molecule has 0 unspecified atom stereocenters. The maximum absolute atomic E-state index is 2.34. The van der Waals surface area contributed by atoms with Gasteiger partial charge in [0.15, 0.2) is 0 Å². The van der Waals surface area contributed by atoms with Crippen molar-refractivity contribution in [2.45, 2.75) is 116 Å². The third-order valence-corrected chi connectivity index (χ3v) is 6.00. The number of hydrogen-bond donors (Lipinski definition) is 0. The van der Waals surface area contributed by atoms with Crippen molar-refractivity contribution in [1.82, 2.24) is 0 Å². The highest BCUT2D eigenvalue weighted by atomic mass is 13.9. The highest BCUT2D eigenvalue weighted by Gasteiger charge is 1.84. The van der Waals surface area contributed by atoms with Gasteiger partial charge in [0.25, 0.3) is 0 Å². The third kappa shape index (κ3) is 26.3.